The average molecular weight is 247 g/mol. The van der Waals surface area contributed by atoms with Crippen LogP contribution < -0.4 is 5.32 Å². The molecule has 0 amide bonds. The average Bonchev–Trinajstić information content (AvgIpc) is 2.42. The Hall–Kier alpha value is -0.930. The fraction of sp³-hybridized carbons (Fsp3) is 0.667. The Labute approximate surface area is 111 Å². The molecule has 3 nitrogen and oxygen atoms in total. The Balaban J connectivity index is 1.73. The van der Waals surface area contributed by atoms with Crippen LogP contribution in [0.1, 0.15) is 37.3 Å². The molecule has 1 unspecified atom stereocenters. The Morgan fingerprint density at radius 3 is 2.83 bits per heavy atom. The van der Waals surface area contributed by atoms with Crippen molar-refractivity contribution in [1.29, 1.82) is 0 Å². The first-order valence-corrected chi connectivity index (χ1v) is 7.11. The van der Waals surface area contributed by atoms with Crippen LogP contribution in [0.2, 0.25) is 0 Å². The molecule has 1 saturated heterocycles. The molecule has 1 aliphatic rings. The summed E-state index contributed by atoms with van der Waals surface area (Å²) in [5, 5.41) is 3.56. The molecule has 0 saturated carbocycles. The molecule has 0 aromatic carbocycles. The van der Waals surface area contributed by atoms with Crippen molar-refractivity contribution in [2.24, 2.45) is 0 Å². The van der Waals surface area contributed by atoms with Crippen molar-refractivity contribution in [1.82, 2.24) is 15.2 Å². The SMILES string of the molecule is Cc1ccncc1CNCC(C)N1CCCCC1. The van der Waals surface area contributed by atoms with Crippen molar-refractivity contribution in [2.75, 3.05) is 19.6 Å². The molecule has 1 aromatic heterocycles. The van der Waals surface area contributed by atoms with Crippen LogP contribution in [0.15, 0.2) is 18.5 Å². The maximum Gasteiger partial charge on any atom is 0.0315 e. The van der Waals surface area contributed by atoms with Gasteiger partial charge in [0.2, 0.25) is 0 Å². The van der Waals surface area contributed by atoms with Crippen molar-refractivity contribution in [3.05, 3.63) is 29.6 Å². The number of aromatic nitrogens is 1. The number of rotatable bonds is 5. The second-order valence-electron chi connectivity index (χ2n) is 5.38. The van der Waals surface area contributed by atoms with Crippen LogP contribution in [-0.2, 0) is 6.54 Å². The molecule has 100 valence electrons. The lowest BCUT2D eigenvalue weighted by Gasteiger charge is -2.32. The molecule has 0 radical (unpaired) electrons. The first-order chi connectivity index (χ1) is 8.77. The van der Waals surface area contributed by atoms with Gasteiger partial charge in [-0.3, -0.25) is 9.88 Å². The Bertz CT molecular complexity index is 359. The van der Waals surface area contributed by atoms with Crippen LogP contribution >= 0.6 is 0 Å². The molecule has 3 heteroatoms. The molecule has 1 atom stereocenters. The third-order valence-electron chi connectivity index (χ3n) is 3.92. The lowest BCUT2D eigenvalue weighted by Crippen LogP contribution is -2.43. The van der Waals surface area contributed by atoms with Gasteiger partial charge in [-0.2, -0.15) is 0 Å². The standard InChI is InChI=1S/C15H25N3/c1-13-6-7-16-11-15(13)12-17-10-14(2)18-8-4-3-5-9-18/h6-7,11,14,17H,3-5,8-10,12H2,1-2H3. The molecule has 18 heavy (non-hydrogen) atoms. The number of hydrogen-bond acceptors (Lipinski definition) is 3. The molecule has 2 rings (SSSR count). The molecule has 2 heterocycles. The minimum atomic E-state index is 0.641. The van der Waals surface area contributed by atoms with Gasteiger partial charge in [-0.15, -0.1) is 0 Å². The van der Waals surface area contributed by atoms with E-state index < -0.39 is 0 Å². The number of aryl methyl sites for hydroxylation is 1. The predicted octanol–water partition coefficient (Wildman–Crippen LogP) is 2.35. The molecule has 0 bridgehead atoms. The van der Waals surface area contributed by atoms with Gasteiger partial charge in [0.05, 0.1) is 0 Å². The van der Waals surface area contributed by atoms with Crippen LogP contribution in [0.4, 0.5) is 0 Å². The zero-order valence-corrected chi connectivity index (χ0v) is 11.7. The van der Waals surface area contributed by atoms with Gasteiger partial charge >= 0.3 is 0 Å². The number of likely N-dealkylation sites (tertiary alicyclic amines) is 1. The van der Waals surface area contributed by atoms with Crippen molar-refractivity contribution < 1.29 is 0 Å². The molecule has 1 aromatic rings. The molecular weight excluding hydrogens is 222 g/mol. The maximum atomic E-state index is 4.18. The van der Waals surface area contributed by atoms with Crippen molar-refractivity contribution >= 4 is 0 Å². The topological polar surface area (TPSA) is 28.2 Å². The normalized spacial score (nSPS) is 18.8. The van der Waals surface area contributed by atoms with Crippen LogP contribution in [0.25, 0.3) is 0 Å². The number of hydrogen-bond donors (Lipinski definition) is 1. The lowest BCUT2D eigenvalue weighted by atomic mass is 10.1. The highest BCUT2D eigenvalue weighted by Crippen LogP contribution is 2.11. The van der Waals surface area contributed by atoms with E-state index in [1.54, 1.807) is 0 Å². The van der Waals surface area contributed by atoms with Crippen LogP contribution in [0.3, 0.4) is 0 Å². The first-order valence-electron chi connectivity index (χ1n) is 7.11. The fourth-order valence-electron chi connectivity index (χ4n) is 2.59. The molecule has 1 fully saturated rings. The highest BCUT2D eigenvalue weighted by atomic mass is 15.2. The van der Waals surface area contributed by atoms with E-state index in [0.717, 1.165) is 13.1 Å². The van der Waals surface area contributed by atoms with E-state index in [1.165, 1.54) is 43.5 Å². The monoisotopic (exact) mass is 247 g/mol. The Morgan fingerprint density at radius 2 is 2.11 bits per heavy atom. The van der Waals surface area contributed by atoms with Gasteiger partial charge in [0, 0.05) is 31.5 Å². The lowest BCUT2D eigenvalue weighted by molar-refractivity contribution is 0.170. The number of nitrogens with one attached hydrogen (secondary N) is 1. The van der Waals surface area contributed by atoms with Crippen molar-refractivity contribution in [3.8, 4) is 0 Å². The molecule has 0 aliphatic carbocycles. The van der Waals surface area contributed by atoms with Gasteiger partial charge in [0.25, 0.3) is 0 Å². The van der Waals surface area contributed by atoms with E-state index in [-0.39, 0.29) is 0 Å². The van der Waals surface area contributed by atoms with Crippen molar-refractivity contribution in [2.45, 2.75) is 45.7 Å². The maximum absolute atomic E-state index is 4.18. The van der Waals surface area contributed by atoms with Crippen LogP contribution in [-0.4, -0.2) is 35.6 Å². The van der Waals surface area contributed by atoms with Crippen LogP contribution in [0, 0.1) is 6.92 Å². The van der Waals surface area contributed by atoms with Gasteiger partial charge in [0.15, 0.2) is 0 Å². The Kier molecular flexibility index (Phi) is 5.14. The summed E-state index contributed by atoms with van der Waals surface area (Å²) in [4.78, 5) is 6.79. The largest absolute Gasteiger partial charge is 0.311 e. The van der Waals surface area contributed by atoms with Gasteiger partial charge < -0.3 is 5.32 Å². The Morgan fingerprint density at radius 1 is 1.33 bits per heavy atom. The molecule has 0 spiro atoms. The van der Waals surface area contributed by atoms with Crippen LogP contribution in [0.5, 0.6) is 0 Å². The highest BCUT2D eigenvalue weighted by Gasteiger charge is 2.15. The fourth-order valence-corrected chi connectivity index (χ4v) is 2.59. The van der Waals surface area contributed by atoms with Crippen molar-refractivity contribution in [3.63, 3.8) is 0 Å². The van der Waals surface area contributed by atoms with E-state index in [4.69, 9.17) is 0 Å². The predicted molar refractivity (Wildman–Crippen MR) is 75.6 cm³/mol. The summed E-state index contributed by atoms with van der Waals surface area (Å²) >= 11 is 0. The van der Waals surface area contributed by atoms with E-state index in [9.17, 15) is 0 Å². The minimum absolute atomic E-state index is 0.641. The molecular formula is C15H25N3. The quantitative estimate of drug-likeness (QED) is 0.865. The third-order valence-corrected chi connectivity index (χ3v) is 3.92. The smallest absolute Gasteiger partial charge is 0.0315 e. The summed E-state index contributed by atoms with van der Waals surface area (Å²) in [6.07, 6.45) is 7.96. The summed E-state index contributed by atoms with van der Waals surface area (Å²) in [6.45, 7) is 9.01. The number of piperidine rings is 1. The molecule has 1 aliphatic heterocycles. The van der Waals surface area contributed by atoms with Gasteiger partial charge in [0.1, 0.15) is 0 Å². The molecule has 1 N–H and O–H groups in total. The zero-order valence-electron chi connectivity index (χ0n) is 11.7. The number of nitrogens with zero attached hydrogens (tertiary/aromatic N) is 2. The summed E-state index contributed by atoms with van der Waals surface area (Å²) in [7, 11) is 0. The second kappa shape index (κ2) is 6.86. The van der Waals surface area contributed by atoms with E-state index >= 15 is 0 Å². The number of pyridine rings is 1. The van der Waals surface area contributed by atoms with E-state index in [0.29, 0.717) is 6.04 Å². The zero-order chi connectivity index (χ0) is 12.8. The van der Waals surface area contributed by atoms with Gasteiger partial charge in [-0.1, -0.05) is 6.42 Å². The summed E-state index contributed by atoms with van der Waals surface area (Å²) in [5.74, 6) is 0. The van der Waals surface area contributed by atoms with E-state index in [2.05, 4.69) is 35.1 Å². The first kappa shape index (κ1) is 13.5. The summed E-state index contributed by atoms with van der Waals surface area (Å²) in [5.41, 5.74) is 2.63. The van der Waals surface area contributed by atoms with Gasteiger partial charge in [-0.05, 0) is 57.0 Å². The highest BCUT2D eigenvalue weighted by molar-refractivity contribution is 5.20. The summed E-state index contributed by atoms with van der Waals surface area (Å²) < 4.78 is 0. The second-order valence-corrected chi connectivity index (χ2v) is 5.38. The van der Waals surface area contributed by atoms with Gasteiger partial charge in [-0.25, -0.2) is 0 Å². The third kappa shape index (κ3) is 3.79. The van der Waals surface area contributed by atoms with E-state index in [1.807, 2.05) is 12.4 Å². The summed E-state index contributed by atoms with van der Waals surface area (Å²) in [6, 6.07) is 2.72. The minimum Gasteiger partial charge on any atom is -0.311 e.